The van der Waals surface area contributed by atoms with Gasteiger partial charge in [0.25, 0.3) is 0 Å². The van der Waals surface area contributed by atoms with Crippen LogP contribution in [0.15, 0.2) is 23.7 Å². The Kier molecular flexibility index (Phi) is 4.96. The lowest BCUT2D eigenvalue weighted by atomic mass is 9.79. The fraction of sp³-hybridized carbons (Fsp3) is 0.438. The molecule has 0 spiro atoms. The molecule has 0 atom stereocenters. The minimum atomic E-state index is -1.29. The fourth-order valence-electron chi connectivity index (χ4n) is 1.99. The lowest BCUT2D eigenvalue weighted by Crippen LogP contribution is -2.53. The van der Waals surface area contributed by atoms with Gasteiger partial charge < -0.3 is 14.8 Å². The highest BCUT2D eigenvalue weighted by atomic mass is 32.1. The van der Waals surface area contributed by atoms with Crippen LogP contribution in [0, 0.1) is 12.7 Å². The van der Waals surface area contributed by atoms with E-state index in [1.807, 2.05) is 0 Å². The molecule has 0 aliphatic rings. The molecule has 1 aromatic carbocycles. The maximum atomic E-state index is 13.3. The van der Waals surface area contributed by atoms with Gasteiger partial charge in [-0.25, -0.2) is 4.39 Å². The van der Waals surface area contributed by atoms with E-state index in [-0.39, 0.29) is 5.82 Å². The van der Waals surface area contributed by atoms with Gasteiger partial charge in [0.15, 0.2) is 0 Å². The number of thiazole rings is 1. The van der Waals surface area contributed by atoms with Crippen LogP contribution in [-0.2, 0) is 4.65 Å². The lowest BCUT2D eigenvalue weighted by Gasteiger charge is -2.38. The average Bonchev–Trinajstić information content (AvgIpc) is 2.85. The van der Waals surface area contributed by atoms with E-state index < -0.39 is 18.3 Å². The van der Waals surface area contributed by atoms with Crippen molar-refractivity contribution < 1.29 is 19.2 Å². The van der Waals surface area contributed by atoms with Gasteiger partial charge in [-0.2, -0.15) is 0 Å². The Hall–Kier alpha value is -1.28. The van der Waals surface area contributed by atoms with Gasteiger partial charge in [0.1, 0.15) is 5.82 Å². The number of aryl methyl sites for hydroxylation is 1. The van der Waals surface area contributed by atoms with E-state index >= 15 is 0 Å². The van der Waals surface area contributed by atoms with Crippen LogP contribution in [0.1, 0.15) is 33.3 Å². The van der Waals surface area contributed by atoms with Crippen LogP contribution in [0.5, 0.6) is 0 Å². The normalized spacial score (nSPS) is 12.5. The fourth-order valence-corrected chi connectivity index (χ4v) is 2.90. The number of halogens is 1. The summed E-state index contributed by atoms with van der Waals surface area (Å²) in [6, 6.07) is 4.47. The second kappa shape index (κ2) is 6.32. The highest BCUT2D eigenvalue weighted by Crippen LogP contribution is 2.29. The van der Waals surface area contributed by atoms with E-state index in [0.29, 0.717) is 5.59 Å². The van der Waals surface area contributed by atoms with Gasteiger partial charge >= 0.3 is 7.12 Å². The molecule has 124 valence electrons. The first-order chi connectivity index (χ1) is 10.5. The Bertz CT molecular complexity index is 697. The van der Waals surface area contributed by atoms with Crippen LogP contribution in [0.3, 0.4) is 0 Å². The number of aromatic nitrogens is 1. The molecule has 0 saturated carbocycles. The van der Waals surface area contributed by atoms with E-state index in [0.717, 1.165) is 16.0 Å². The number of aliphatic hydroxyl groups is 1. The zero-order valence-electron chi connectivity index (χ0n) is 13.9. The molecule has 0 bridgehead atoms. The molecule has 0 fully saturated rings. The smallest absolute Gasteiger partial charge is 0.422 e. The molecule has 2 N–H and O–H groups in total. The highest BCUT2D eigenvalue weighted by molar-refractivity contribution is 7.14. The largest absolute Gasteiger partial charge is 0.512 e. The molecule has 1 aromatic heterocycles. The van der Waals surface area contributed by atoms with Crippen LogP contribution in [0.2, 0.25) is 0 Å². The summed E-state index contributed by atoms with van der Waals surface area (Å²) in [6.45, 7) is 8.43. The zero-order valence-corrected chi connectivity index (χ0v) is 14.7. The number of hydrogen-bond donors (Lipinski definition) is 2. The summed E-state index contributed by atoms with van der Waals surface area (Å²) in [5.41, 5.74) is 1.40. The first-order valence-electron chi connectivity index (χ1n) is 7.31. The monoisotopic (exact) mass is 337 g/mol. The predicted octanol–water partition coefficient (Wildman–Crippen LogP) is 2.51. The minimum absolute atomic E-state index is 0.308. The van der Waals surface area contributed by atoms with Gasteiger partial charge in [0.2, 0.25) is 0 Å². The second-order valence-electron chi connectivity index (χ2n) is 6.57. The molecule has 0 unspecified atom stereocenters. The van der Waals surface area contributed by atoms with E-state index in [1.165, 1.54) is 23.5 Å². The van der Waals surface area contributed by atoms with Gasteiger partial charge in [-0.15, -0.1) is 11.3 Å². The Morgan fingerprint density at radius 1 is 1.26 bits per heavy atom. The van der Waals surface area contributed by atoms with Crippen molar-refractivity contribution in [3.8, 4) is 10.4 Å². The van der Waals surface area contributed by atoms with Gasteiger partial charge in [0.05, 0.1) is 27.2 Å². The maximum absolute atomic E-state index is 13.3. The Morgan fingerprint density at radius 3 is 2.48 bits per heavy atom. The number of benzene rings is 1. The highest BCUT2D eigenvalue weighted by Gasteiger charge is 2.41. The molecule has 0 aliphatic heterocycles. The summed E-state index contributed by atoms with van der Waals surface area (Å²) < 4.78 is 18.9. The predicted molar refractivity (Wildman–Crippen MR) is 91.3 cm³/mol. The Morgan fingerprint density at radius 2 is 1.91 bits per heavy atom. The third-order valence-electron chi connectivity index (χ3n) is 4.14. The summed E-state index contributed by atoms with van der Waals surface area (Å²) in [7, 11) is -1.29. The van der Waals surface area contributed by atoms with Gasteiger partial charge in [0, 0.05) is 0 Å². The topological polar surface area (TPSA) is 62.6 Å². The molecule has 23 heavy (non-hydrogen) atoms. The molecular weight excluding hydrogens is 316 g/mol. The number of rotatable bonds is 5. The lowest BCUT2D eigenvalue weighted by molar-refractivity contribution is -0.0983. The molecule has 7 heteroatoms. The number of hydrogen-bond acceptors (Lipinski definition) is 5. The molecule has 2 rings (SSSR count). The maximum Gasteiger partial charge on any atom is 0.512 e. The second-order valence-corrected chi connectivity index (χ2v) is 7.42. The van der Waals surface area contributed by atoms with Crippen LogP contribution in [-0.4, -0.2) is 33.4 Å². The van der Waals surface area contributed by atoms with Crippen molar-refractivity contribution >= 4 is 24.0 Å². The summed E-state index contributed by atoms with van der Waals surface area (Å²) in [4.78, 5) is 4.91. The van der Waals surface area contributed by atoms with Crippen molar-refractivity contribution in [3.05, 3.63) is 35.1 Å². The number of nitrogens with zero attached hydrogens (tertiary/aromatic N) is 1. The van der Waals surface area contributed by atoms with Crippen LogP contribution < -0.4 is 5.59 Å². The Balaban J connectivity index is 2.34. The summed E-state index contributed by atoms with van der Waals surface area (Å²) in [5.74, 6) is -0.308. The molecule has 4 nitrogen and oxygen atoms in total. The van der Waals surface area contributed by atoms with Crippen LogP contribution in [0.4, 0.5) is 4.39 Å². The van der Waals surface area contributed by atoms with Crippen molar-refractivity contribution in [2.45, 2.75) is 45.8 Å². The summed E-state index contributed by atoms with van der Waals surface area (Å²) in [5, 5.41) is 20.6. The zero-order chi connectivity index (χ0) is 17.4. The van der Waals surface area contributed by atoms with Gasteiger partial charge in [-0.05, 0) is 57.9 Å². The van der Waals surface area contributed by atoms with E-state index in [1.54, 1.807) is 46.2 Å². The molecular formula is C16H21BFNO3S. The average molecular weight is 337 g/mol. The third kappa shape index (κ3) is 3.80. The molecule has 0 saturated heterocycles. The minimum Gasteiger partial charge on any atom is -0.422 e. The SMILES string of the molecule is Cc1cc(F)ccc1-c1scnc1B(O)OC(C)(C)C(C)(C)O. The van der Waals surface area contributed by atoms with Crippen LogP contribution in [0.25, 0.3) is 10.4 Å². The third-order valence-corrected chi connectivity index (χ3v) is 5.02. The van der Waals surface area contributed by atoms with E-state index in [2.05, 4.69) is 4.98 Å². The quantitative estimate of drug-likeness (QED) is 0.823. The van der Waals surface area contributed by atoms with Crippen LogP contribution >= 0.6 is 11.3 Å². The van der Waals surface area contributed by atoms with E-state index in [9.17, 15) is 14.5 Å². The molecule has 2 aromatic rings. The van der Waals surface area contributed by atoms with Gasteiger partial charge in [-0.3, -0.25) is 4.98 Å². The first kappa shape index (κ1) is 18.1. The molecule has 0 amide bonds. The first-order valence-corrected chi connectivity index (χ1v) is 8.19. The molecule has 0 radical (unpaired) electrons. The van der Waals surface area contributed by atoms with Crippen molar-refractivity contribution in [1.29, 1.82) is 0 Å². The van der Waals surface area contributed by atoms with Gasteiger partial charge in [-0.1, -0.05) is 6.07 Å². The van der Waals surface area contributed by atoms with Crippen molar-refractivity contribution in [1.82, 2.24) is 4.98 Å². The van der Waals surface area contributed by atoms with Crippen molar-refractivity contribution in [2.24, 2.45) is 0 Å². The Labute approximate surface area is 140 Å². The summed E-state index contributed by atoms with van der Waals surface area (Å²) >= 11 is 1.35. The molecule has 1 heterocycles. The standard InChI is InChI=1S/C16H21BFNO3S/c1-10-8-11(18)6-7-12(10)13-14(19-9-23-13)17(21)22-16(4,5)15(2,3)20/h6-9,20-21H,1-5H3. The molecule has 0 aliphatic carbocycles. The summed E-state index contributed by atoms with van der Waals surface area (Å²) in [6.07, 6.45) is 0. The van der Waals surface area contributed by atoms with E-state index in [4.69, 9.17) is 4.65 Å². The van der Waals surface area contributed by atoms with Crippen molar-refractivity contribution in [2.75, 3.05) is 0 Å². The van der Waals surface area contributed by atoms with Crippen molar-refractivity contribution in [3.63, 3.8) is 0 Å².